The molecule has 1 fully saturated rings. The maximum Gasteiger partial charge on any atom is 0.410 e. The van der Waals surface area contributed by atoms with Crippen molar-refractivity contribution < 1.29 is 13.9 Å². The largest absolute Gasteiger partial charge is 0.444 e. The lowest BCUT2D eigenvalue weighted by Gasteiger charge is -2.35. The molecular weight excluding hydrogens is 337 g/mol. The lowest BCUT2D eigenvalue weighted by Crippen LogP contribution is -2.46. The van der Waals surface area contributed by atoms with Gasteiger partial charge in [-0.05, 0) is 66.4 Å². The van der Waals surface area contributed by atoms with Crippen molar-refractivity contribution in [3.8, 4) is 0 Å². The van der Waals surface area contributed by atoms with Crippen molar-refractivity contribution >= 4 is 28.1 Å². The van der Waals surface area contributed by atoms with E-state index >= 15 is 0 Å². The molecule has 0 aliphatic carbocycles. The molecule has 0 atom stereocenters. The Kier molecular flexibility index (Phi) is 4.42. The maximum atomic E-state index is 13.8. The van der Waals surface area contributed by atoms with Crippen LogP contribution in [-0.4, -0.2) is 29.7 Å². The molecule has 1 aromatic carbocycles. The predicted octanol–water partition coefficient (Wildman–Crippen LogP) is 4.53. The van der Waals surface area contributed by atoms with E-state index in [0.717, 1.165) is 11.1 Å². The number of amides is 1. The second kappa shape index (κ2) is 5.79. The quantitative estimate of drug-likeness (QED) is 0.740. The fraction of sp³-hybridized carbons (Fsp3) is 0.438. The number of carbonyl (C=O) groups is 1. The molecule has 0 radical (unpaired) electrons. The lowest BCUT2D eigenvalue weighted by molar-refractivity contribution is 0.0216. The molecule has 5 heteroatoms. The van der Waals surface area contributed by atoms with Gasteiger partial charge in [0.25, 0.3) is 0 Å². The van der Waals surface area contributed by atoms with Crippen LogP contribution in [0.1, 0.15) is 31.9 Å². The van der Waals surface area contributed by atoms with Crippen LogP contribution in [0.2, 0.25) is 0 Å². The Bertz CT molecular complexity index is 597. The van der Waals surface area contributed by atoms with Crippen LogP contribution in [-0.2, 0) is 4.74 Å². The van der Waals surface area contributed by atoms with Gasteiger partial charge in [-0.15, -0.1) is 0 Å². The van der Waals surface area contributed by atoms with Crippen molar-refractivity contribution in [2.75, 3.05) is 13.1 Å². The van der Waals surface area contributed by atoms with Gasteiger partial charge in [0.05, 0.1) is 4.47 Å². The van der Waals surface area contributed by atoms with Crippen LogP contribution in [0.15, 0.2) is 22.2 Å². The van der Waals surface area contributed by atoms with Crippen LogP contribution in [0.25, 0.3) is 6.08 Å². The van der Waals surface area contributed by atoms with Crippen molar-refractivity contribution in [2.45, 2.75) is 33.3 Å². The van der Waals surface area contributed by atoms with E-state index in [2.05, 4.69) is 15.9 Å². The third kappa shape index (κ3) is 3.84. The monoisotopic (exact) mass is 355 g/mol. The molecule has 0 aromatic heterocycles. The van der Waals surface area contributed by atoms with E-state index in [1.807, 2.05) is 32.9 Å². The standard InChI is InChI=1S/C16H19BrFNO2/c1-10-12(5-6-13(17)14(10)18)7-11-8-19(9-11)15(20)21-16(2,3)4/h5-7H,8-9H2,1-4H3. The summed E-state index contributed by atoms with van der Waals surface area (Å²) in [6.45, 7) is 8.34. The molecule has 0 N–H and O–H groups in total. The maximum absolute atomic E-state index is 13.8. The summed E-state index contributed by atoms with van der Waals surface area (Å²) < 4.78 is 19.5. The van der Waals surface area contributed by atoms with Gasteiger partial charge in [-0.25, -0.2) is 9.18 Å². The van der Waals surface area contributed by atoms with Crippen LogP contribution >= 0.6 is 15.9 Å². The Morgan fingerprint density at radius 2 is 2.00 bits per heavy atom. The number of nitrogens with zero attached hydrogens (tertiary/aromatic N) is 1. The van der Waals surface area contributed by atoms with Crippen LogP contribution < -0.4 is 0 Å². The first-order valence-electron chi connectivity index (χ1n) is 6.79. The first-order chi connectivity index (χ1) is 9.67. The third-order valence-electron chi connectivity index (χ3n) is 3.18. The van der Waals surface area contributed by atoms with Gasteiger partial charge < -0.3 is 9.64 Å². The van der Waals surface area contributed by atoms with Crippen LogP contribution in [0.4, 0.5) is 9.18 Å². The van der Waals surface area contributed by atoms with E-state index in [1.165, 1.54) is 0 Å². The van der Waals surface area contributed by atoms with Gasteiger partial charge in [0.15, 0.2) is 0 Å². The van der Waals surface area contributed by atoms with Crippen molar-refractivity contribution in [1.29, 1.82) is 0 Å². The zero-order valence-corrected chi connectivity index (χ0v) is 14.3. The van der Waals surface area contributed by atoms with Crippen LogP contribution in [0.3, 0.4) is 0 Å². The fourth-order valence-corrected chi connectivity index (χ4v) is 2.46. The lowest BCUT2D eigenvalue weighted by atomic mass is 10.0. The van der Waals surface area contributed by atoms with E-state index in [1.54, 1.807) is 17.9 Å². The van der Waals surface area contributed by atoms with Crippen LogP contribution in [0, 0.1) is 12.7 Å². The molecule has 2 rings (SSSR count). The average Bonchev–Trinajstić information content (AvgIpc) is 2.30. The Hall–Kier alpha value is -1.36. The molecule has 0 bridgehead atoms. The first kappa shape index (κ1) is 16.0. The molecule has 1 aliphatic heterocycles. The molecule has 1 saturated heterocycles. The van der Waals surface area contributed by atoms with E-state index in [4.69, 9.17) is 4.74 Å². The Balaban J connectivity index is 2.02. The molecule has 0 unspecified atom stereocenters. The summed E-state index contributed by atoms with van der Waals surface area (Å²) in [6, 6.07) is 3.56. The van der Waals surface area contributed by atoms with E-state index in [0.29, 0.717) is 23.1 Å². The molecule has 1 amide bonds. The number of likely N-dealkylation sites (tertiary alicyclic amines) is 1. The Morgan fingerprint density at radius 3 is 2.57 bits per heavy atom. The fourth-order valence-electron chi connectivity index (χ4n) is 2.03. The normalized spacial score (nSPS) is 14.8. The molecule has 21 heavy (non-hydrogen) atoms. The molecule has 1 heterocycles. The highest BCUT2D eigenvalue weighted by Gasteiger charge is 2.29. The summed E-state index contributed by atoms with van der Waals surface area (Å²) in [5.74, 6) is -0.243. The number of ether oxygens (including phenoxy) is 1. The summed E-state index contributed by atoms with van der Waals surface area (Å²) in [6.07, 6.45) is 1.63. The zero-order valence-electron chi connectivity index (χ0n) is 12.7. The Labute approximate surface area is 132 Å². The first-order valence-corrected chi connectivity index (χ1v) is 7.58. The molecular formula is C16H19BrFNO2. The van der Waals surface area contributed by atoms with E-state index in [9.17, 15) is 9.18 Å². The zero-order chi connectivity index (χ0) is 15.8. The van der Waals surface area contributed by atoms with Gasteiger partial charge >= 0.3 is 6.09 Å². The molecule has 0 spiro atoms. The predicted molar refractivity (Wildman–Crippen MR) is 84.6 cm³/mol. The number of rotatable bonds is 1. The molecule has 0 saturated carbocycles. The van der Waals surface area contributed by atoms with Gasteiger partial charge in [0.2, 0.25) is 0 Å². The second-order valence-corrected chi connectivity index (χ2v) is 7.07. The third-order valence-corrected chi connectivity index (χ3v) is 3.79. The molecule has 1 aliphatic rings. The van der Waals surface area contributed by atoms with E-state index < -0.39 is 5.60 Å². The highest BCUT2D eigenvalue weighted by Crippen LogP contribution is 2.26. The van der Waals surface area contributed by atoms with Gasteiger partial charge in [0, 0.05) is 13.1 Å². The average molecular weight is 356 g/mol. The van der Waals surface area contributed by atoms with Crippen molar-refractivity contribution in [1.82, 2.24) is 4.90 Å². The minimum absolute atomic E-state index is 0.243. The number of halogens is 2. The van der Waals surface area contributed by atoms with Crippen molar-refractivity contribution in [3.63, 3.8) is 0 Å². The SMILES string of the molecule is Cc1c(C=C2CN(C(=O)OC(C)(C)C)C2)ccc(Br)c1F. The summed E-state index contributed by atoms with van der Waals surface area (Å²) in [5.41, 5.74) is 2.05. The summed E-state index contributed by atoms with van der Waals surface area (Å²) >= 11 is 3.17. The summed E-state index contributed by atoms with van der Waals surface area (Å²) in [5, 5.41) is 0. The Morgan fingerprint density at radius 1 is 1.38 bits per heavy atom. The van der Waals surface area contributed by atoms with Gasteiger partial charge in [0.1, 0.15) is 11.4 Å². The van der Waals surface area contributed by atoms with Gasteiger partial charge in [-0.1, -0.05) is 12.1 Å². The minimum Gasteiger partial charge on any atom is -0.444 e. The summed E-state index contributed by atoms with van der Waals surface area (Å²) in [7, 11) is 0. The minimum atomic E-state index is -0.484. The highest BCUT2D eigenvalue weighted by atomic mass is 79.9. The van der Waals surface area contributed by atoms with Crippen LogP contribution in [0.5, 0.6) is 0 Å². The number of benzene rings is 1. The number of carbonyl (C=O) groups excluding carboxylic acids is 1. The summed E-state index contributed by atoms with van der Waals surface area (Å²) in [4.78, 5) is 13.4. The van der Waals surface area contributed by atoms with Crippen molar-refractivity contribution in [2.24, 2.45) is 0 Å². The number of hydrogen-bond acceptors (Lipinski definition) is 2. The topological polar surface area (TPSA) is 29.5 Å². The van der Waals surface area contributed by atoms with Gasteiger partial charge in [-0.3, -0.25) is 0 Å². The van der Waals surface area contributed by atoms with Gasteiger partial charge in [-0.2, -0.15) is 0 Å². The van der Waals surface area contributed by atoms with E-state index in [-0.39, 0.29) is 11.9 Å². The van der Waals surface area contributed by atoms with Crippen molar-refractivity contribution in [3.05, 3.63) is 39.1 Å². The second-order valence-electron chi connectivity index (χ2n) is 6.21. The smallest absolute Gasteiger partial charge is 0.410 e. The molecule has 1 aromatic rings. The molecule has 114 valence electrons. The molecule has 3 nitrogen and oxygen atoms in total. The highest BCUT2D eigenvalue weighted by molar-refractivity contribution is 9.10. The number of hydrogen-bond donors (Lipinski definition) is 0.